The van der Waals surface area contributed by atoms with Crippen molar-refractivity contribution >= 4 is 10.2 Å². The molecule has 2 aliphatic heterocycles. The van der Waals surface area contributed by atoms with Gasteiger partial charge in [-0.2, -0.15) is 17.0 Å². The highest BCUT2D eigenvalue weighted by Crippen LogP contribution is 2.28. The Balaban J connectivity index is 1.52. The summed E-state index contributed by atoms with van der Waals surface area (Å²) in [6.45, 7) is 5.21. The SMILES string of the molecule is CC1CCCCN1S(=O)(=O)N1CCC(NCC2CC2)CC1. The Morgan fingerprint density at radius 1 is 1.00 bits per heavy atom. The van der Waals surface area contributed by atoms with Crippen LogP contribution in [0.3, 0.4) is 0 Å². The first-order chi connectivity index (χ1) is 10.1. The average Bonchev–Trinajstić information content (AvgIpc) is 3.30. The molecule has 6 heteroatoms. The summed E-state index contributed by atoms with van der Waals surface area (Å²) in [5.74, 6) is 0.890. The molecule has 3 rings (SSSR count). The number of hydrogen-bond acceptors (Lipinski definition) is 3. The summed E-state index contributed by atoms with van der Waals surface area (Å²) in [6, 6.07) is 0.672. The molecular formula is C15H29N3O2S. The first-order valence-electron chi connectivity index (χ1n) is 8.57. The monoisotopic (exact) mass is 315 g/mol. The van der Waals surface area contributed by atoms with E-state index in [0.717, 1.165) is 44.6 Å². The summed E-state index contributed by atoms with van der Waals surface area (Å²) in [6.07, 6.45) is 7.80. The lowest BCUT2D eigenvalue weighted by Crippen LogP contribution is -2.53. The summed E-state index contributed by atoms with van der Waals surface area (Å²) in [7, 11) is -3.24. The van der Waals surface area contributed by atoms with Gasteiger partial charge >= 0.3 is 0 Å². The molecule has 122 valence electrons. The van der Waals surface area contributed by atoms with Gasteiger partial charge in [-0.25, -0.2) is 0 Å². The minimum Gasteiger partial charge on any atom is -0.314 e. The van der Waals surface area contributed by atoms with Gasteiger partial charge in [0.05, 0.1) is 0 Å². The van der Waals surface area contributed by atoms with Crippen LogP contribution in [0.2, 0.25) is 0 Å². The highest BCUT2D eigenvalue weighted by Gasteiger charge is 2.36. The van der Waals surface area contributed by atoms with E-state index in [1.807, 2.05) is 6.92 Å². The van der Waals surface area contributed by atoms with Crippen LogP contribution in [0.25, 0.3) is 0 Å². The predicted octanol–water partition coefficient (Wildman–Crippen LogP) is 1.57. The van der Waals surface area contributed by atoms with Crippen LogP contribution in [-0.2, 0) is 10.2 Å². The Hall–Kier alpha value is -0.170. The fourth-order valence-corrected chi connectivity index (χ4v) is 5.40. The fourth-order valence-electron chi connectivity index (χ4n) is 3.51. The Labute approximate surface area is 129 Å². The number of nitrogens with one attached hydrogen (secondary N) is 1. The maximum absolute atomic E-state index is 12.8. The van der Waals surface area contributed by atoms with Gasteiger partial charge in [-0.1, -0.05) is 6.42 Å². The molecule has 3 aliphatic rings. The quantitative estimate of drug-likeness (QED) is 0.838. The van der Waals surface area contributed by atoms with Crippen molar-refractivity contribution in [2.24, 2.45) is 5.92 Å². The predicted molar refractivity (Wildman–Crippen MR) is 84.3 cm³/mol. The molecule has 3 fully saturated rings. The van der Waals surface area contributed by atoms with E-state index in [9.17, 15) is 8.42 Å². The molecule has 0 radical (unpaired) electrons. The van der Waals surface area contributed by atoms with Crippen molar-refractivity contribution in [3.8, 4) is 0 Å². The molecule has 1 atom stereocenters. The number of hydrogen-bond donors (Lipinski definition) is 1. The number of piperidine rings is 2. The van der Waals surface area contributed by atoms with Crippen LogP contribution in [0.15, 0.2) is 0 Å². The van der Waals surface area contributed by atoms with E-state index in [4.69, 9.17) is 0 Å². The van der Waals surface area contributed by atoms with E-state index in [-0.39, 0.29) is 6.04 Å². The third-order valence-electron chi connectivity index (χ3n) is 5.21. The van der Waals surface area contributed by atoms with Crippen molar-refractivity contribution in [2.45, 2.75) is 64.0 Å². The molecule has 21 heavy (non-hydrogen) atoms. The standard InChI is InChI=1S/C15H29N3O2S/c1-13-4-2-3-9-18(13)21(19,20)17-10-7-15(8-11-17)16-12-14-5-6-14/h13-16H,2-12H2,1H3. The number of rotatable bonds is 5. The molecule has 1 aliphatic carbocycles. The Morgan fingerprint density at radius 3 is 2.33 bits per heavy atom. The van der Waals surface area contributed by atoms with E-state index in [0.29, 0.717) is 25.7 Å². The lowest BCUT2D eigenvalue weighted by Gasteiger charge is -2.39. The van der Waals surface area contributed by atoms with E-state index in [1.165, 1.54) is 12.8 Å². The van der Waals surface area contributed by atoms with Crippen molar-refractivity contribution in [1.29, 1.82) is 0 Å². The molecule has 1 unspecified atom stereocenters. The van der Waals surface area contributed by atoms with Crippen molar-refractivity contribution in [1.82, 2.24) is 13.9 Å². The zero-order chi connectivity index (χ0) is 14.9. The van der Waals surface area contributed by atoms with Gasteiger partial charge in [0, 0.05) is 31.7 Å². The fraction of sp³-hybridized carbons (Fsp3) is 1.00. The molecule has 5 nitrogen and oxygen atoms in total. The molecule has 1 N–H and O–H groups in total. The summed E-state index contributed by atoms with van der Waals surface area (Å²) in [5.41, 5.74) is 0. The Kier molecular flexibility index (Phi) is 4.88. The second kappa shape index (κ2) is 6.52. The molecule has 0 amide bonds. The smallest absolute Gasteiger partial charge is 0.282 e. The van der Waals surface area contributed by atoms with Crippen molar-refractivity contribution < 1.29 is 8.42 Å². The molecule has 1 saturated carbocycles. The van der Waals surface area contributed by atoms with Gasteiger partial charge < -0.3 is 5.32 Å². The average molecular weight is 315 g/mol. The Morgan fingerprint density at radius 2 is 1.71 bits per heavy atom. The van der Waals surface area contributed by atoms with Crippen LogP contribution in [0, 0.1) is 5.92 Å². The van der Waals surface area contributed by atoms with Crippen LogP contribution in [0.4, 0.5) is 0 Å². The molecule has 0 aromatic heterocycles. The first-order valence-corrected chi connectivity index (χ1v) is 9.97. The Bertz CT molecular complexity index is 442. The second-order valence-corrected chi connectivity index (χ2v) is 8.87. The van der Waals surface area contributed by atoms with E-state index < -0.39 is 10.2 Å². The highest BCUT2D eigenvalue weighted by molar-refractivity contribution is 7.86. The maximum atomic E-state index is 12.8. The second-order valence-electron chi connectivity index (χ2n) is 6.99. The van der Waals surface area contributed by atoms with E-state index in [1.54, 1.807) is 8.61 Å². The van der Waals surface area contributed by atoms with Crippen LogP contribution in [0.1, 0.15) is 51.9 Å². The zero-order valence-electron chi connectivity index (χ0n) is 13.1. The van der Waals surface area contributed by atoms with Gasteiger partial charge in [-0.05, 0) is 57.9 Å². The lowest BCUT2D eigenvalue weighted by atomic mass is 10.1. The minimum absolute atomic E-state index is 0.162. The van der Waals surface area contributed by atoms with Crippen molar-refractivity contribution in [2.75, 3.05) is 26.2 Å². The normalized spacial score (nSPS) is 30.6. The van der Waals surface area contributed by atoms with Gasteiger partial charge in [0.1, 0.15) is 0 Å². The van der Waals surface area contributed by atoms with Crippen LogP contribution in [-0.4, -0.2) is 55.3 Å². The molecule has 0 bridgehead atoms. The van der Waals surface area contributed by atoms with Gasteiger partial charge in [-0.15, -0.1) is 0 Å². The lowest BCUT2D eigenvalue weighted by molar-refractivity contribution is 0.224. The summed E-state index contributed by atoms with van der Waals surface area (Å²) >= 11 is 0. The number of nitrogens with zero attached hydrogens (tertiary/aromatic N) is 2. The van der Waals surface area contributed by atoms with Crippen LogP contribution < -0.4 is 5.32 Å². The molecule has 0 aromatic rings. The highest BCUT2D eigenvalue weighted by atomic mass is 32.2. The summed E-state index contributed by atoms with van der Waals surface area (Å²) in [5, 5.41) is 3.61. The molecular weight excluding hydrogens is 286 g/mol. The topological polar surface area (TPSA) is 52.7 Å². The first kappa shape index (κ1) is 15.7. The molecule has 0 spiro atoms. The van der Waals surface area contributed by atoms with Crippen molar-refractivity contribution in [3.05, 3.63) is 0 Å². The molecule has 2 heterocycles. The van der Waals surface area contributed by atoms with E-state index >= 15 is 0 Å². The molecule has 2 saturated heterocycles. The van der Waals surface area contributed by atoms with Crippen molar-refractivity contribution in [3.63, 3.8) is 0 Å². The van der Waals surface area contributed by atoms with Gasteiger partial charge in [0.2, 0.25) is 0 Å². The summed E-state index contributed by atoms with van der Waals surface area (Å²) < 4.78 is 29.0. The summed E-state index contributed by atoms with van der Waals surface area (Å²) in [4.78, 5) is 0. The van der Waals surface area contributed by atoms with Crippen LogP contribution >= 0.6 is 0 Å². The zero-order valence-corrected chi connectivity index (χ0v) is 13.9. The third kappa shape index (κ3) is 3.78. The largest absolute Gasteiger partial charge is 0.314 e. The van der Waals surface area contributed by atoms with Crippen LogP contribution in [0.5, 0.6) is 0 Å². The van der Waals surface area contributed by atoms with Gasteiger partial charge in [0.15, 0.2) is 0 Å². The minimum atomic E-state index is -3.24. The third-order valence-corrected chi connectivity index (χ3v) is 7.36. The molecule has 0 aromatic carbocycles. The van der Waals surface area contributed by atoms with Gasteiger partial charge in [-0.3, -0.25) is 0 Å². The maximum Gasteiger partial charge on any atom is 0.282 e. The van der Waals surface area contributed by atoms with E-state index in [2.05, 4.69) is 5.32 Å². The van der Waals surface area contributed by atoms with Gasteiger partial charge in [0.25, 0.3) is 10.2 Å².